The van der Waals surface area contributed by atoms with Crippen molar-refractivity contribution in [2.75, 3.05) is 18.4 Å². The van der Waals surface area contributed by atoms with Crippen LogP contribution in [0.25, 0.3) is 0 Å². The maximum Gasteiger partial charge on any atom is 0.471 e. The molecule has 1 unspecified atom stereocenters. The molecule has 2 amide bonds. The molecule has 0 aromatic heterocycles. The Morgan fingerprint density at radius 3 is 2.70 bits per heavy atom. The lowest BCUT2D eigenvalue weighted by Crippen LogP contribution is -2.48. The molecule has 2 rings (SSSR count). The number of hydrogen-bond acceptors (Lipinski definition) is 2. The van der Waals surface area contributed by atoms with Crippen molar-refractivity contribution < 1.29 is 22.8 Å². The molecule has 1 aliphatic rings. The summed E-state index contributed by atoms with van der Waals surface area (Å²) in [6.45, 7) is 1.51. The minimum atomic E-state index is -4.91. The Hall–Kier alpha value is -1.76. The number of nitrogens with zero attached hydrogens (tertiary/aromatic N) is 1. The third-order valence-corrected chi connectivity index (χ3v) is 4.26. The Labute approximate surface area is 136 Å². The first-order chi connectivity index (χ1) is 10.7. The third-order valence-electron chi connectivity index (χ3n) is 3.85. The molecule has 1 fully saturated rings. The van der Waals surface area contributed by atoms with Crippen LogP contribution in [-0.4, -0.2) is 36.0 Å². The predicted molar refractivity (Wildman–Crippen MR) is 80.2 cm³/mol. The van der Waals surface area contributed by atoms with E-state index in [-0.39, 0.29) is 13.1 Å². The topological polar surface area (TPSA) is 49.4 Å². The molecule has 126 valence electrons. The number of nitrogens with one attached hydrogen (secondary N) is 1. The van der Waals surface area contributed by atoms with Gasteiger partial charge in [0, 0.05) is 23.8 Å². The van der Waals surface area contributed by atoms with Gasteiger partial charge >= 0.3 is 12.1 Å². The highest BCUT2D eigenvalue weighted by molar-refractivity contribution is 6.31. The van der Waals surface area contributed by atoms with Crippen LogP contribution in [0.1, 0.15) is 18.4 Å². The first-order valence-corrected chi connectivity index (χ1v) is 7.50. The van der Waals surface area contributed by atoms with Crippen molar-refractivity contribution >= 4 is 29.1 Å². The van der Waals surface area contributed by atoms with Crippen LogP contribution < -0.4 is 5.32 Å². The van der Waals surface area contributed by atoms with Crippen LogP contribution in [0.15, 0.2) is 18.2 Å². The number of hydrogen-bond donors (Lipinski definition) is 1. The van der Waals surface area contributed by atoms with Gasteiger partial charge in [-0.2, -0.15) is 13.2 Å². The summed E-state index contributed by atoms with van der Waals surface area (Å²) < 4.78 is 37.5. The smallest absolute Gasteiger partial charge is 0.334 e. The zero-order valence-corrected chi connectivity index (χ0v) is 13.2. The largest absolute Gasteiger partial charge is 0.471 e. The van der Waals surface area contributed by atoms with Crippen molar-refractivity contribution in [2.24, 2.45) is 5.92 Å². The van der Waals surface area contributed by atoms with Crippen LogP contribution in [0.2, 0.25) is 5.02 Å². The zero-order chi connectivity index (χ0) is 17.2. The molecule has 1 aromatic rings. The summed E-state index contributed by atoms with van der Waals surface area (Å²) in [5.74, 6) is -2.97. The van der Waals surface area contributed by atoms with Gasteiger partial charge in [-0.25, -0.2) is 0 Å². The number of likely N-dealkylation sites (tertiary alicyclic amines) is 1. The molecule has 4 nitrogen and oxygen atoms in total. The molecule has 8 heteroatoms. The van der Waals surface area contributed by atoms with Crippen molar-refractivity contribution in [3.63, 3.8) is 0 Å². The van der Waals surface area contributed by atoms with Crippen LogP contribution in [0.5, 0.6) is 0 Å². The van der Waals surface area contributed by atoms with E-state index in [0.29, 0.717) is 34.0 Å². The average molecular weight is 349 g/mol. The van der Waals surface area contributed by atoms with Gasteiger partial charge in [0.15, 0.2) is 0 Å². The third kappa shape index (κ3) is 4.16. The molecule has 0 bridgehead atoms. The van der Waals surface area contributed by atoms with Gasteiger partial charge in [0.05, 0.1) is 5.92 Å². The van der Waals surface area contributed by atoms with Crippen LogP contribution in [0.4, 0.5) is 18.9 Å². The molecule has 0 spiro atoms. The Bertz CT molecular complexity index is 619. The molecule has 1 N–H and O–H groups in total. The second kappa shape index (κ2) is 6.78. The van der Waals surface area contributed by atoms with E-state index in [1.54, 1.807) is 25.1 Å². The Kier molecular flexibility index (Phi) is 5.19. The van der Waals surface area contributed by atoms with E-state index in [4.69, 9.17) is 11.6 Å². The summed E-state index contributed by atoms with van der Waals surface area (Å²) in [6, 6.07) is 5.02. The standard InChI is InChI=1S/C15H16ClF3N2O2/c1-9-11(16)5-2-6-12(9)20-13(22)10-4-3-7-21(8-10)14(23)15(17,18)19/h2,5-6,10H,3-4,7-8H2,1H3,(H,20,22). The Morgan fingerprint density at radius 2 is 2.04 bits per heavy atom. The molecule has 23 heavy (non-hydrogen) atoms. The second-order valence-corrected chi connectivity index (χ2v) is 5.90. The minimum absolute atomic E-state index is 0.0122. The van der Waals surface area contributed by atoms with Crippen molar-refractivity contribution in [3.05, 3.63) is 28.8 Å². The molecule has 0 radical (unpaired) electrons. The van der Waals surface area contributed by atoms with Crippen molar-refractivity contribution in [1.82, 2.24) is 4.90 Å². The molecule has 0 saturated carbocycles. The summed E-state index contributed by atoms with van der Waals surface area (Å²) in [5, 5.41) is 3.16. The highest BCUT2D eigenvalue weighted by Gasteiger charge is 2.44. The number of benzene rings is 1. The highest BCUT2D eigenvalue weighted by atomic mass is 35.5. The van der Waals surface area contributed by atoms with E-state index in [1.165, 1.54) is 0 Å². The molecule has 1 aromatic carbocycles. The van der Waals surface area contributed by atoms with Crippen LogP contribution >= 0.6 is 11.6 Å². The van der Waals surface area contributed by atoms with Gasteiger partial charge in [-0.3, -0.25) is 9.59 Å². The highest BCUT2D eigenvalue weighted by Crippen LogP contribution is 2.26. The predicted octanol–water partition coefficient (Wildman–Crippen LogP) is 3.39. The fraction of sp³-hybridized carbons (Fsp3) is 0.467. The average Bonchev–Trinajstić information content (AvgIpc) is 2.50. The van der Waals surface area contributed by atoms with E-state index in [1.807, 2.05) is 0 Å². The molecule has 1 heterocycles. The Balaban J connectivity index is 2.05. The Morgan fingerprint density at radius 1 is 1.35 bits per heavy atom. The number of piperidine rings is 1. The maximum atomic E-state index is 12.5. The first kappa shape index (κ1) is 17.6. The maximum absolute atomic E-state index is 12.5. The van der Waals surface area contributed by atoms with Crippen molar-refractivity contribution in [2.45, 2.75) is 25.9 Å². The lowest BCUT2D eigenvalue weighted by molar-refractivity contribution is -0.187. The molecule has 1 aliphatic heterocycles. The van der Waals surface area contributed by atoms with Gasteiger partial charge in [0.2, 0.25) is 5.91 Å². The second-order valence-electron chi connectivity index (χ2n) is 5.49. The number of amides is 2. The summed E-state index contributed by atoms with van der Waals surface area (Å²) in [4.78, 5) is 24.3. The number of carbonyl (C=O) groups excluding carboxylic acids is 2. The number of rotatable bonds is 2. The first-order valence-electron chi connectivity index (χ1n) is 7.12. The van der Waals surface area contributed by atoms with E-state index in [9.17, 15) is 22.8 Å². The fourth-order valence-electron chi connectivity index (χ4n) is 2.53. The van der Waals surface area contributed by atoms with E-state index in [2.05, 4.69) is 5.32 Å². The van der Waals surface area contributed by atoms with Gasteiger partial charge in [-0.15, -0.1) is 0 Å². The molecule has 1 atom stereocenters. The van der Waals surface area contributed by atoms with Crippen LogP contribution in [0, 0.1) is 12.8 Å². The van der Waals surface area contributed by atoms with Crippen molar-refractivity contribution in [1.29, 1.82) is 0 Å². The molecular weight excluding hydrogens is 333 g/mol. The van der Waals surface area contributed by atoms with E-state index in [0.717, 1.165) is 0 Å². The number of carbonyl (C=O) groups is 2. The summed E-state index contributed by atoms with van der Waals surface area (Å²) in [7, 11) is 0. The normalized spacial score (nSPS) is 18.7. The van der Waals surface area contributed by atoms with Crippen LogP contribution in [0.3, 0.4) is 0 Å². The van der Waals surface area contributed by atoms with Gasteiger partial charge in [0.25, 0.3) is 0 Å². The summed E-state index contributed by atoms with van der Waals surface area (Å²) >= 11 is 5.97. The lowest BCUT2D eigenvalue weighted by Gasteiger charge is -2.32. The fourth-order valence-corrected chi connectivity index (χ4v) is 2.71. The van der Waals surface area contributed by atoms with E-state index < -0.39 is 23.9 Å². The SMILES string of the molecule is Cc1c(Cl)cccc1NC(=O)C1CCCN(C(=O)C(F)(F)F)C1. The van der Waals surface area contributed by atoms with Crippen LogP contribution in [-0.2, 0) is 9.59 Å². The molecule has 0 aliphatic carbocycles. The lowest BCUT2D eigenvalue weighted by atomic mass is 9.96. The number of anilines is 1. The zero-order valence-electron chi connectivity index (χ0n) is 12.4. The molecular formula is C15H16ClF3N2O2. The summed E-state index contributed by atoms with van der Waals surface area (Å²) in [6.07, 6.45) is -4.12. The summed E-state index contributed by atoms with van der Waals surface area (Å²) in [5.41, 5.74) is 1.20. The minimum Gasteiger partial charge on any atom is -0.334 e. The number of halogens is 4. The quantitative estimate of drug-likeness (QED) is 0.890. The molecule has 1 saturated heterocycles. The monoisotopic (exact) mass is 348 g/mol. The number of alkyl halides is 3. The van der Waals surface area contributed by atoms with Crippen molar-refractivity contribution in [3.8, 4) is 0 Å². The van der Waals surface area contributed by atoms with Gasteiger partial charge in [-0.05, 0) is 37.5 Å². The van der Waals surface area contributed by atoms with Gasteiger partial charge in [0.1, 0.15) is 0 Å². The van der Waals surface area contributed by atoms with Gasteiger partial charge in [-0.1, -0.05) is 17.7 Å². The van der Waals surface area contributed by atoms with Gasteiger partial charge < -0.3 is 10.2 Å². The van der Waals surface area contributed by atoms with E-state index >= 15 is 0 Å².